The van der Waals surface area contributed by atoms with E-state index in [2.05, 4.69) is 6.07 Å². The van der Waals surface area contributed by atoms with Gasteiger partial charge in [-0.1, -0.05) is 27.7 Å². The number of methoxy groups -OCH3 is 1. The van der Waals surface area contributed by atoms with E-state index in [4.69, 9.17) is 9.47 Å². The summed E-state index contributed by atoms with van der Waals surface area (Å²) in [5.74, 6) is -1.73. The highest BCUT2D eigenvalue weighted by Gasteiger charge is 2.52. The van der Waals surface area contributed by atoms with Crippen LogP contribution >= 0.6 is 0 Å². The minimum atomic E-state index is -1.48. The molecule has 0 spiro atoms. The number of hydrogen-bond acceptors (Lipinski definition) is 5. The molecule has 0 heterocycles. The van der Waals surface area contributed by atoms with Crippen molar-refractivity contribution in [2.24, 2.45) is 23.2 Å². The molecule has 0 amide bonds. The lowest BCUT2D eigenvalue weighted by atomic mass is 9.68. The maximum absolute atomic E-state index is 12.4. The summed E-state index contributed by atoms with van der Waals surface area (Å²) in [5.41, 5.74) is -1.48. The molecule has 0 saturated carbocycles. The quantitative estimate of drug-likeness (QED) is 0.644. The van der Waals surface area contributed by atoms with Crippen LogP contribution in [0.4, 0.5) is 0 Å². The fourth-order valence-corrected chi connectivity index (χ4v) is 2.55. The summed E-state index contributed by atoms with van der Waals surface area (Å²) in [5, 5.41) is 9.69. The third-order valence-electron chi connectivity index (χ3n) is 3.36. The standard InChI is InChI=1S/C16H27NO4/c1-7-21-15(19)16(10-17,9-12(4)5)13(8-11(2)3)14(18)20-6/h11-13H,7-9H2,1-6H3. The molecule has 0 bridgehead atoms. The predicted molar refractivity (Wildman–Crippen MR) is 79.1 cm³/mol. The van der Waals surface area contributed by atoms with E-state index in [1.807, 2.05) is 27.7 Å². The first kappa shape index (κ1) is 19.4. The lowest BCUT2D eigenvalue weighted by molar-refractivity contribution is -0.166. The molecular weight excluding hydrogens is 270 g/mol. The van der Waals surface area contributed by atoms with Gasteiger partial charge in [0, 0.05) is 0 Å². The van der Waals surface area contributed by atoms with Gasteiger partial charge >= 0.3 is 11.9 Å². The number of hydrogen-bond donors (Lipinski definition) is 0. The van der Waals surface area contributed by atoms with Gasteiger partial charge in [0.25, 0.3) is 0 Å². The van der Waals surface area contributed by atoms with Gasteiger partial charge in [0.05, 0.1) is 25.7 Å². The molecule has 5 nitrogen and oxygen atoms in total. The van der Waals surface area contributed by atoms with Crippen LogP contribution in [0.25, 0.3) is 0 Å². The van der Waals surface area contributed by atoms with Gasteiger partial charge in [-0.15, -0.1) is 0 Å². The minimum absolute atomic E-state index is 0.0772. The smallest absolute Gasteiger partial charge is 0.327 e. The second-order valence-corrected chi connectivity index (χ2v) is 6.11. The molecule has 0 aliphatic heterocycles. The van der Waals surface area contributed by atoms with Crippen LogP contribution in [0.1, 0.15) is 47.5 Å². The van der Waals surface area contributed by atoms with Crippen LogP contribution in [-0.4, -0.2) is 25.7 Å². The number of nitriles is 1. The molecule has 0 rings (SSSR count). The van der Waals surface area contributed by atoms with E-state index in [1.54, 1.807) is 6.92 Å². The molecule has 0 radical (unpaired) electrons. The SMILES string of the molecule is CCOC(=O)C(C#N)(CC(C)C)C(CC(C)C)C(=O)OC. The number of rotatable bonds is 8. The zero-order valence-corrected chi connectivity index (χ0v) is 13.9. The molecule has 21 heavy (non-hydrogen) atoms. The Bertz CT molecular complexity index is 398. The number of nitrogens with zero attached hydrogens (tertiary/aromatic N) is 1. The van der Waals surface area contributed by atoms with Crippen molar-refractivity contribution in [3.8, 4) is 6.07 Å². The third-order valence-corrected chi connectivity index (χ3v) is 3.36. The van der Waals surface area contributed by atoms with E-state index in [-0.39, 0.29) is 24.9 Å². The second-order valence-electron chi connectivity index (χ2n) is 6.11. The highest BCUT2D eigenvalue weighted by molar-refractivity contribution is 5.88. The average Bonchev–Trinajstić information content (AvgIpc) is 2.41. The van der Waals surface area contributed by atoms with E-state index in [0.29, 0.717) is 6.42 Å². The summed E-state index contributed by atoms with van der Waals surface area (Å²) in [6.45, 7) is 9.57. The van der Waals surface area contributed by atoms with Crippen LogP contribution in [0.2, 0.25) is 0 Å². The van der Waals surface area contributed by atoms with Gasteiger partial charge in [-0.05, 0) is 31.6 Å². The van der Waals surface area contributed by atoms with Crippen molar-refractivity contribution in [3.63, 3.8) is 0 Å². The highest BCUT2D eigenvalue weighted by Crippen LogP contribution is 2.40. The highest BCUT2D eigenvalue weighted by atomic mass is 16.5. The van der Waals surface area contributed by atoms with E-state index in [1.165, 1.54) is 7.11 Å². The van der Waals surface area contributed by atoms with Crippen molar-refractivity contribution in [1.82, 2.24) is 0 Å². The summed E-state index contributed by atoms with van der Waals surface area (Å²) in [6, 6.07) is 2.08. The van der Waals surface area contributed by atoms with Crippen LogP contribution in [-0.2, 0) is 19.1 Å². The Morgan fingerprint density at radius 2 is 1.76 bits per heavy atom. The van der Waals surface area contributed by atoms with Crippen molar-refractivity contribution in [2.45, 2.75) is 47.5 Å². The van der Waals surface area contributed by atoms with Crippen molar-refractivity contribution in [2.75, 3.05) is 13.7 Å². The molecule has 2 unspecified atom stereocenters. The Morgan fingerprint density at radius 3 is 2.10 bits per heavy atom. The topological polar surface area (TPSA) is 76.4 Å². The van der Waals surface area contributed by atoms with Crippen molar-refractivity contribution in [1.29, 1.82) is 5.26 Å². The van der Waals surface area contributed by atoms with Gasteiger partial charge in [-0.3, -0.25) is 9.59 Å². The molecule has 0 saturated heterocycles. The van der Waals surface area contributed by atoms with Crippen LogP contribution in [0.3, 0.4) is 0 Å². The van der Waals surface area contributed by atoms with Gasteiger partial charge in [0.1, 0.15) is 0 Å². The van der Waals surface area contributed by atoms with Crippen molar-refractivity contribution < 1.29 is 19.1 Å². The van der Waals surface area contributed by atoms with E-state index in [9.17, 15) is 14.9 Å². The first-order valence-corrected chi connectivity index (χ1v) is 7.41. The molecule has 0 aromatic rings. The van der Waals surface area contributed by atoms with Crippen LogP contribution in [0.5, 0.6) is 0 Å². The fraction of sp³-hybridized carbons (Fsp3) is 0.812. The zero-order chi connectivity index (χ0) is 16.6. The molecule has 0 fully saturated rings. The molecule has 2 atom stereocenters. The lowest BCUT2D eigenvalue weighted by Crippen LogP contribution is -2.45. The summed E-state index contributed by atoms with van der Waals surface area (Å²) >= 11 is 0. The Hall–Kier alpha value is -1.57. The maximum Gasteiger partial charge on any atom is 0.327 e. The molecule has 120 valence electrons. The zero-order valence-electron chi connectivity index (χ0n) is 13.9. The number of carbonyl (C=O) groups is 2. The van der Waals surface area contributed by atoms with Gasteiger partial charge < -0.3 is 9.47 Å². The van der Waals surface area contributed by atoms with Gasteiger partial charge in [0.2, 0.25) is 0 Å². The molecular formula is C16H27NO4. The van der Waals surface area contributed by atoms with Gasteiger partial charge in [-0.2, -0.15) is 5.26 Å². The van der Waals surface area contributed by atoms with Crippen molar-refractivity contribution in [3.05, 3.63) is 0 Å². The number of ether oxygens (including phenoxy) is 2. The number of esters is 2. The van der Waals surface area contributed by atoms with E-state index >= 15 is 0 Å². The molecule has 0 aliphatic rings. The molecule has 0 aromatic carbocycles. The summed E-state index contributed by atoms with van der Waals surface area (Å²) in [4.78, 5) is 24.6. The Labute approximate surface area is 127 Å². The predicted octanol–water partition coefficient (Wildman–Crippen LogP) is 2.94. The summed E-state index contributed by atoms with van der Waals surface area (Å²) < 4.78 is 9.92. The largest absolute Gasteiger partial charge is 0.469 e. The average molecular weight is 297 g/mol. The van der Waals surface area contributed by atoms with Gasteiger partial charge in [-0.25, -0.2) is 0 Å². The molecule has 0 N–H and O–H groups in total. The Morgan fingerprint density at radius 1 is 1.19 bits per heavy atom. The summed E-state index contributed by atoms with van der Waals surface area (Å²) in [7, 11) is 1.28. The number of carbonyl (C=O) groups excluding carboxylic acids is 2. The Balaban J connectivity index is 5.82. The van der Waals surface area contributed by atoms with Gasteiger partial charge in [0.15, 0.2) is 5.41 Å². The first-order valence-electron chi connectivity index (χ1n) is 7.41. The van der Waals surface area contributed by atoms with Crippen LogP contribution in [0.15, 0.2) is 0 Å². The minimum Gasteiger partial charge on any atom is -0.469 e. The van der Waals surface area contributed by atoms with Crippen LogP contribution < -0.4 is 0 Å². The second kappa shape index (κ2) is 8.66. The molecule has 0 aromatic heterocycles. The molecule has 5 heteroatoms. The maximum atomic E-state index is 12.4. The molecule has 0 aliphatic carbocycles. The Kier molecular flexibility index (Phi) is 8.01. The summed E-state index contributed by atoms with van der Waals surface area (Å²) in [6.07, 6.45) is 0.681. The first-order chi connectivity index (χ1) is 9.74. The fourth-order valence-electron chi connectivity index (χ4n) is 2.55. The van der Waals surface area contributed by atoms with Crippen LogP contribution in [0, 0.1) is 34.5 Å². The monoisotopic (exact) mass is 297 g/mol. The van der Waals surface area contributed by atoms with Crippen molar-refractivity contribution >= 4 is 11.9 Å². The lowest BCUT2D eigenvalue weighted by Gasteiger charge is -2.33. The third kappa shape index (κ3) is 5.04. The normalized spacial score (nSPS) is 15.2. The van der Waals surface area contributed by atoms with E-state index < -0.39 is 23.3 Å². The van der Waals surface area contributed by atoms with E-state index in [0.717, 1.165) is 0 Å².